The largest absolute Gasteiger partial charge is 0.392 e. The Bertz CT molecular complexity index is 538. The van der Waals surface area contributed by atoms with Crippen LogP contribution in [0.4, 0.5) is 5.82 Å². The van der Waals surface area contributed by atoms with Crippen molar-refractivity contribution in [2.75, 3.05) is 31.1 Å². The van der Waals surface area contributed by atoms with Crippen LogP contribution in [0.5, 0.6) is 0 Å². The Kier molecular flexibility index (Phi) is 5.61. The number of carbonyl (C=O) groups excluding carboxylic acids is 1. The molecule has 0 aromatic carbocycles. The highest BCUT2D eigenvalue weighted by Gasteiger charge is 2.28. The van der Waals surface area contributed by atoms with Crippen LogP contribution >= 0.6 is 11.6 Å². The molecule has 3 N–H and O–H groups in total. The van der Waals surface area contributed by atoms with Gasteiger partial charge in [0.15, 0.2) is 0 Å². The van der Waals surface area contributed by atoms with Crippen molar-refractivity contribution in [1.82, 2.24) is 9.88 Å². The molecule has 1 aliphatic rings. The van der Waals surface area contributed by atoms with Crippen LogP contribution in [0.1, 0.15) is 30.6 Å². The summed E-state index contributed by atoms with van der Waals surface area (Å²) in [5, 5.41) is 10.0. The van der Waals surface area contributed by atoms with Gasteiger partial charge in [-0.2, -0.15) is 0 Å². The summed E-state index contributed by atoms with van der Waals surface area (Å²) in [5.41, 5.74) is 5.55. The van der Waals surface area contributed by atoms with Gasteiger partial charge in [0.1, 0.15) is 5.82 Å². The molecule has 2 heterocycles. The molecule has 1 amide bonds. The third-order valence-corrected chi connectivity index (χ3v) is 4.26. The summed E-state index contributed by atoms with van der Waals surface area (Å²) < 4.78 is 0. The molecule has 2 rings (SSSR count). The molecule has 1 saturated heterocycles. The van der Waals surface area contributed by atoms with E-state index in [1.54, 1.807) is 13.0 Å². The minimum atomic E-state index is -0.533. The van der Waals surface area contributed by atoms with E-state index in [9.17, 15) is 9.90 Å². The predicted octanol–water partition coefficient (Wildman–Crippen LogP) is 1.12. The number of hydrogen-bond donors (Lipinski definition) is 2. The van der Waals surface area contributed by atoms with Gasteiger partial charge in [0.05, 0.1) is 16.7 Å². The normalized spacial score (nSPS) is 20.9. The minimum absolute atomic E-state index is 0.313. The maximum atomic E-state index is 11.2. The Morgan fingerprint density at radius 1 is 1.59 bits per heavy atom. The van der Waals surface area contributed by atoms with E-state index >= 15 is 0 Å². The number of aliphatic hydroxyl groups is 1. The number of β-amino-alcohol motifs (C(OH)–C–C–N with tert-alkyl or cyclic N) is 1. The topological polar surface area (TPSA) is 82.7 Å². The Morgan fingerprint density at radius 2 is 2.32 bits per heavy atom. The zero-order valence-electron chi connectivity index (χ0n) is 13.0. The summed E-state index contributed by atoms with van der Waals surface area (Å²) in [6.07, 6.45) is 2.12. The number of amides is 1. The molecule has 7 heteroatoms. The summed E-state index contributed by atoms with van der Waals surface area (Å²) in [5.74, 6) is 0.149. The van der Waals surface area contributed by atoms with Crippen LogP contribution in [0.3, 0.4) is 0 Å². The molecule has 1 aliphatic heterocycles. The predicted molar refractivity (Wildman–Crippen MR) is 87.3 cm³/mol. The Morgan fingerprint density at radius 3 is 2.86 bits per heavy atom. The SMILES string of the molecule is CCC1CN(c2ncc(C(N)=O)cc2Cl)CCN1CC(C)O. The standard InChI is InChI=1S/C15H23ClN4O2/c1-3-12-9-20(5-4-19(12)8-10(2)21)15-13(16)6-11(7-18-15)14(17)22/h6-7,10,12,21H,3-5,8-9H2,1-2H3,(H2,17,22). The number of aliphatic hydroxyl groups excluding tert-OH is 1. The third-order valence-electron chi connectivity index (χ3n) is 3.98. The number of aromatic nitrogens is 1. The van der Waals surface area contributed by atoms with E-state index < -0.39 is 5.91 Å². The van der Waals surface area contributed by atoms with Gasteiger partial charge < -0.3 is 15.7 Å². The molecule has 2 atom stereocenters. The molecule has 122 valence electrons. The Labute approximate surface area is 135 Å². The number of nitrogens with zero attached hydrogens (tertiary/aromatic N) is 3. The molecule has 22 heavy (non-hydrogen) atoms. The molecule has 1 aromatic rings. The quantitative estimate of drug-likeness (QED) is 0.847. The molecule has 0 aliphatic carbocycles. The Balaban J connectivity index is 2.13. The van der Waals surface area contributed by atoms with Crippen LogP contribution < -0.4 is 10.6 Å². The average Bonchev–Trinajstić information content (AvgIpc) is 2.47. The van der Waals surface area contributed by atoms with Gasteiger partial charge in [-0.1, -0.05) is 18.5 Å². The molecule has 0 radical (unpaired) electrons. The molecule has 1 fully saturated rings. The molecule has 0 saturated carbocycles. The van der Waals surface area contributed by atoms with E-state index in [0.717, 1.165) is 26.1 Å². The van der Waals surface area contributed by atoms with Crippen molar-refractivity contribution in [2.24, 2.45) is 5.73 Å². The fourth-order valence-electron chi connectivity index (χ4n) is 2.85. The maximum Gasteiger partial charge on any atom is 0.250 e. The summed E-state index contributed by atoms with van der Waals surface area (Å²) in [7, 11) is 0. The monoisotopic (exact) mass is 326 g/mol. The first kappa shape index (κ1) is 17.0. The van der Waals surface area contributed by atoms with Crippen LogP contribution in [0, 0.1) is 0 Å². The van der Waals surface area contributed by atoms with Gasteiger partial charge in [-0.3, -0.25) is 9.69 Å². The smallest absolute Gasteiger partial charge is 0.250 e. The summed E-state index contributed by atoms with van der Waals surface area (Å²) in [6, 6.07) is 1.91. The van der Waals surface area contributed by atoms with Crippen LogP contribution in [0.15, 0.2) is 12.3 Å². The van der Waals surface area contributed by atoms with E-state index in [1.807, 2.05) is 0 Å². The summed E-state index contributed by atoms with van der Waals surface area (Å²) in [6.45, 7) is 7.04. The summed E-state index contributed by atoms with van der Waals surface area (Å²) in [4.78, 5) is 19.9. The van der Waals surface area contributed by atoms with E-state index in [1.165, 1.54) is 6.20 Å². The zero-order valence-corrected chi connectivity index (χ0v) is 13.8. The molecule has 0 spiro atoms. The van der Waals surface area contributed by atoms with Crippen LogP contribution in [-0.2, 0) is 0 Å². The molecular formula is C15H23ClN4O2. The van der Waals surface area contributed by atoms with Crippen molar-refractivity contribution in [1.29, 1.82) is 0 Å². The molecule has 1 aromatic heterocycles. The van der Waals surface area contributed by atoms with E-state index in [4.69, 9.17) is 17.3 Å². The second-order valence-corrected chi connectivity index (χ2v) is 6.15. The van der Waals surface area contributed by atoms with Gasteiger partial charge in [-0.15, -0.1) is 0 Å². The molecular weight excluding hydrogens is 304 g/mol. The molecule has 0 bridgehead atoms. The van der Waals surface area contributed by atoms with Gasteiger partial charge in [0.2, 0.25) is 5.91 Å². The van der Waals surface area contributed by atoms with Crippen molar-refractivity contribution in [3.63, 3.8) is 0 Å². The number of primary amides is 1. The first-order valence-corrected chi connectivity index (χ1v) is 7.92. The lowest BCUT2D eigenvalue weighted by Gasteiger charge is -2.42. The number of nitrogens with two attached hydrogens (primary N) is 1. The number of rotatable bonds is 5. The average molecular weight is 327 g/mol. The third kappa shape index (κ3) is 3.88. The second-order valence-electron chi connectivity index (χ2n) is 5.75. The number of carbonyl (C=O) groups is 1. The van der Waals surface area contributed by atoms with E-state index in [0.29, 0.717) is 29.0 Å². The Hall–Kier alpha value is -1.37. The first-order valence-electron chi connectivity index (χ1n) is 7.54. The van der Waals surface area contributed by atoms with Gasteiger partial charge >= 0.3 is 0 Å². The highest BCUT2D eigenvalue weighted by Crippen LogP contribution is 2.27. The number of pyridine rings is 1. The molecule has 6 nitrogen and oxygen atoms in total. The second kappa shape index (κ2) is 7.26. The number of anilines is 1. The van der Waals surface area contributed by atoms with E-state index in [-0.39, 0.29) is 6.10 Å². The van der Waals surface area contributed by atoms with Gasteiger partial charge in [-0.25, -0.2) is 4.98 Å². The highest BCUT2D eigenvalue weighted by atomic mass is 35.5. The number of hydrogen-bond acceptors (Lipinski definition) is 5. The van der Waals surface area contributed by atoms with Crippen molar-refractivity contribution in [2.45, 2.75) is 32.4 Å². The lowest BCUT2D eigenvalue weighted by molar-refractivity contribution is 0.0884. The van der Waals surface area contributed by atoms with Crippen molar-refractivity contribution >= 4 is 23.3 Å². The van der Waals surface area contributed by atoms with Gasteiger partial charge in [0, 0.05) is 38.4 Å². The number of piperazine rings is 1. The van der Waals surface area contributed by atoms with Gasteiger partial charge in [-0.05, 0) is 19.4 Å². The lowest BCUT2D eigenvalue weighted by atomic mass is 10.1. The van der Waals surface area contributed by atoms with Gasteiger partial charge in [0.25, 0.3) is 0 Å². The number of halogens is 1. The van der Waals surface area contributed by atoms with E-state index in [2.05, 4.69) is 21.7 Å². The van der Waals surface area contributed by atoms with Crippen molar-refractivity contribution < 1.29 is 9.90 Å². The summed E-state index contributed by atoms with van der Waals surface area (Å²) >= 11 is 6.25. The maximum absolute atomic E-state index is 11.2. The first-order chi connectivity index (χ1) is 10.4. The highest BCUT2D eigenvalue weighted by molar-refractivity contribution is 6.33. The van der Waals surface area contributed by atoms with Crippen LogP contribution in [0.2, 0.25) is 5.02 Å². The fourth-order valence-corrected chi connectivity index (χ4v) is 3.14. The zero-order chi connectivity index (χ0) is 16.3. The van der Waals surface area contributed by atoms with Crippen molar-refractivity contribution in [3.05, 3.63) is 22.8 Å². The van der Waals surface area contributed by atoms with Crippen LogP contribution in [0.25, 0.3) is 0 Å². The van der Waals surface area contributed by atoms with Crippen molar-refractivity contribution in [3.8, 4) is 0 Å². The minimum Gasteiger partial charge on any atom is -0.392 e. The lowest BCUT2D eigenvalue weighted by Crippen LogP contribution is -2.54. The fraction of sp³-hybridized carbons (Fsp3) is 0.600. The van der Waals surface area contributed by atoms with Crippen LogP contribution in [-0.4, -0.2) is 59.2 Å². The molecule has 2 unspecified atom stereocenters.